The minimum Gasteiger partial charge on any atom is -0.506 e. The third-order valence-corrected chi connectivity index (χ3v) is 5.56. The Morgan fingerprint density at radius 2 is 1.39 bits per heavy atom. The first kappa shape index (κ1) is 22.4. The number of benzene rings is 1. The number of ketones is 1. The normalized spacial score (nSPS) is 11.2. The van der Waals surface area contributed by atoms with E-state index in [1.165, 1.54) is 70.6 Å². The monoisotopic (exact) mass is 383 g/mol. The highest BCUT2D eigenvalue weighted by atomic mass is 16.3. The molecular formula is C25H37NO2. The molecule has 1 aromatic carbocycles. The minimum atomic E-state index is 0.133. The van der Waals surface area contributed by atoms with E-state index in [0.29, 0.717) is 17.5 Å². The van der Waals surface area contributed by atoms with Crippen molar-refractivity contribution >= 4 is 16.7 Å². The lowest BCUT2D eigenvalue weighted by Gasteiger charge is -2.07. The smallest absolute Gasteiger partial charge is 0.163 e. The van der Waals surface area contributed by atoms with Gasteiger partial charge in [0.25, 0.3) is 0 Å². The van der Waals surface area contributed by atoms with E-state index in [4.69, 9.17) is 0 Å². The van der Waals surface area contributed by atoms with Gasteiger partial charge in [0.2, 0.25) is 0 Å². The zero-order chi connectivity index (χ0) is 20.0. The first-order valence-electron chi connectivity index (χ1n) is 11.3. The maximum absolute atomic E-state index is 12.6. The zero-order valence-corrected chi connectivity index (χ0v) is 17.6. The molecule has 0 aliphatic heterocycles. The predicted molar refractivity (Wildman–Crippen MR) is 118 cm³/mol. The number of phenols is 1. The van der Waals surface area contributed by atoms with Gasteiger partial charge in [-0.2, -0.15) is 0 Å². The van der Waals surface area contributed by atoms with Crippen molar-refractivity contribution in [1.29, 1.82) is 0 Å². The van der Waals surface area contributed by atoms with E-state index in [1.54, 1.807) is 18.3 Å². The fourth-order valence-corrected chi connectivity index (χ4v) is 3.84. The molecule has 28 heavy (non-hydrogen) atoms. The fourth-order valence-electron chi connectivity index (χ4n) is 3.84. The van der Waals surface area contributed by atoms with Gasteiger partial charge in [0.1, 0.15) is 11.3 Å². The molecule has 0 atom stereocenters. The molecule has 3 heteroatoms. The van der Waals surface area contributed by atoms with Crippen LogP contribution in [0.5, 0.6) is 5.75 Å². The van der Waals surface area contributed by atoms with Crippen LogP contribution in [0, 0.1) is 0 Å². The molecule has 1 aromatic heterocycles. The van der Waals surface area contributed by atoms with Gasteiger partial charge >= 0.3 is 0 Å². The second kappa shape index (κ2) is 13.3. The Balaban J connectivity index is 1.55. The van der Waals surface area contributed by atoms with Crippen molar-refractivity contribution < 1.29 is 9.90 Å². The molecule has 0 saturated carbocycles. The molecule has 3 nitrogen and oxygen atoms in total. The van der Waals surface area contributed by atoms with Gasteiger partial charge in [0.05, 0.1) is 0 Å². The molecule has 0 amide bonds. The quantitative estimate of drug-likeness (QED) is 0.254. The summed E-state index contributed by atoms with van der Waals surface area (Å²) < 4.78 is 0. The summed E-state index contributed by atoms with van der Waals surface area (Å²) >= 11 is 0. The van der Waals surface area contributed by atoms with Gasteiger partial charge in [-0.25, -0.2) is 0 Å². The summed E-state index contributed by atoms with van der Waals surface area (Å²) in [6.45, 7) is 2.27. The van der Waals surface area contributed by atoms with Crippen molar-refractivity contribution in [2.24, 2.45) is 0 Å². The van der Waals surface area contributed by atoms with E-state index in [2.05, 4.69) is 11.9 Å². The maximum atomic E-state index is 12.6. The molecule has 2 aromatic rings. The Kier molecular flexibility index (Phi) is 10.6. The highest BCUT2D eigenvalue weighted by molar-refractivity contribution is 6.08. The number of aromatic nitrogens is 1. The Morgan fingerprint density at radius 1 is 0.821 bits per heavy atom. The van der Waals surface area contributed by atoms with Crippen LogP contribution < -0.4 is 0 Å². The number of carbonyl (C=O) groups is 1. The van der Waals surface area contributed by atoms with Crippen LogP contribution in [-0.4, -0.2) is 15.9 Å². The summed E-state index contributed by atoms with van der Waals surface area (Å²) in [6, 6.07) is 6.97. The maximum Gasteiger partial charge on any atom is 0.163 e. The number of hydrogen-bond acceptors (Lipinski definition) is 3. The Bertz CT molecular complexity index is 711. The lowest BCUT2D eigenvalue weighted by atomic mass is 9.99. The highest BCUT2D eigenvalue weighted by Gasteiger charge is 2.12. The molecule has 0 aliphatic carbocycles. The molecule has 2 rings (SSSR count). The van der Waals surface area contributed by atoms with Gasteiger partial charge in [-0.3, -0.25) is 9.78 Å². The molecular weight excluding hydrogens is 346 g/mol. The average Bonchev–Trinajstić information content (AvgIpc) is 2.72. The van der Waals surface area contributed by atoms with Crippen LogP contribution in [-0.2, 0) is 0 Å². The standard InChI is InChI=1S/C25H37NO2/c1-2-3-4-5-6-7-8-9-10-11-12-13-14-17-23(27)21-18-19-24(28)25-22(21)16-15-20-26-25/h15-16,18-20,28H,2-14,17H2,1H3. The Morgan fingerprint density at radius 3 is 2.00 bits per heavy atom. The second-order valence-corrected chi connectivity index (χ2v) is 7.95. The van der Waals surface area contributed by atoms with Gasteiger partial charge in [-0.1, -0.05) is 90.0 Å². The molecule has 0 fully saturated rings. The summed E-state index contributed by atoms with van der Waals surface area (Å²) in [5, 5.41) is 10.7. The first-order valence-corrected chi connectivity index (χ1v) is 11.3. The van der Waals surface area contributed by atoms with E-state index >= 15 is 0 Å². The largest absolute Gasteiger partial charge is 0.506 e. The Hall–Kier alpha value is -1.90. The third-order valence-electron chi connectivity index (χ3n) is 5.56. The molecule has 0 bridgehead atoms. The van der Waals surface area contributed by atoms with E-state index in [9.17, 15) is 9.90 Å². The number of phenolic OH excluding ortho intramolecular Hbond substituents is 1. The molecule has 0 radical (unpaired) electrons. The van der Waals surface area contributed by atoms with Crippen LogP contribution in [0.1, 0.15) is 107 Å². The first-order chi connectivity index (χ1) is 13.7. The van der Waals surface area contributed by atoms with Crippen molar-refractivity contribution in [3.05, 3.63) is 36.0 Å². The second-order valence-electron chi connectivity index (χ2n) is 7.95. The van der Waals surface area contributed by atoms with Crippen LogP contribution in [0.15, 0.2) is 30.5 Å². The zero-order valence-electron chi connectivity index (χ0n) is 17.6. The summed E-state index contributed by atoms with van der Waals surface area (Å²) in [4.78, 5) is 16.8. The Labute approximate surface area is 170 Å². The lowest BCUT2D eigenvalue weighted by molar-refractivity contribution is 0.0980. The van der Waals surface area contributed by atoms with Crippen molar-refractivity contribution in [3.8, 4) is 5.75 Å². The highest BCUT2D eigenvalue weighted by Crippen LogP contribution is 2.26. The number of hydrogen-bond donors (Lipinski definition) is 1. The van der Waals surface area contributed by atoms with Crippen LogP contribution >= 0.6 is 0 Å². The number of unbranched alkanes of at least 4 members (excludes halogenated alkanes) is 12. The van der Waals surface area contributed by atoms with E-state index < -0.39 is 0 Å². The molecule has 1 heterocycles. The van der Waals surface area contributed by atoms with Crippen molar-refractivity contribution in [3.63, 3.8) is 0 Å². The van der Waals surface area contributed by atoms with Gasteiger partial charge in [0.15, 0.2) is 5.78 Å². The van der Waals surface area contributed by atoms with Crippen LogP contribution in [0.4, 0.5) is 0 Å². The average molecular weight is 384 g/mol. The van der Waals surface area contributed by atoms with Crippen molar-refractivity contribution in [2.45, 2.75) is 96.8 Å². The van der Waals surface area contributed by atoms with Gasteiger partial charge in [-0.15, -0.1) is 0 Å². The van der Waals surface area contributed by atoms with Gasteiger partial charge in [-0.05, 0) is 24.6 Å². The van der Waals surface area contributed by atoms with Crippen LogP contribution in [0.2, 0.25) is 0 Å². The molecule has 1 N–H and O–H groups in total. The van der Waals surface area contributed by atoms with Crippen molar-refractivity contribution in [1.82, 2.24) is 4.98 Å². The number of carbonyl (C=O) groups excluding carboxylic acids is 1. The molecule has 0 unspecified atom stereocenters. The molecule has 0 aliphatic rings. The number of rotatable bonds is 15. The van der Waals surface area contributed by atoms with E-state index in [0.717, 1.165) is 18.2 Å². The topological polar surface area (TPSA) is 50.2 Å². The van der Waals surface area contributed by atoms with Gasteiger partial charge < -0.3 is 5.11 Å². The number of nitrogens with zero attached hydrogens (tertiary/aromatic N) is 1. The molecule has 154 valence electrons. The summed E-state index contributed by atoms with van der Waals surface area (Å²) in [6.07, 6.45) is 19.2. The summed E-state index contributed by atoms with van der Waals surface area (Å²) in [5.74, 6) is 0.286. The summed E-state index contributed by atoms with van der Waals surface area (Å²) in [5.41, 5.74) is 1.19. The minimum absolute atomic E-state index is 0.133. The van der Waals surface area contributed by atoms with E-state index in [1.807, 2.05) is 12.1 Å². The number of Topliss-reactive ketones (excluding diaryl/α,β-unsaturated/α-hetero) is 1. The molecule has 0 spiro atoms. The number of pyridine rings is 1. The fraction of sp³-hybridized carbons (Fsp3) is 0.600. The van der Waals surface area contributed by atoms with Crippen molar-refractivity contribution in [2.75, 3.05) is 0 Å². The molecule has 0 saturated heterocycles. The van der Waals surface area contributed by atoms with E-state index in [-0.39, 0.29) is 11.5 Å². The third kappa shape index (κ3) is 7.61. The lowest BCUT2D eigenvalue weighted by Crippen LogP contribution is -2.00. The van der Waals surface area contributed by atoms with Gasteiger partial charge in [0, 0.05) is 23.6 Å². The van der Waals surface area contributed by atoms with Crippen LogP contribution in [0.25, 0.3) is 10.9 Å². The summed E-state index contributed by atoms with van der Waals surface area (Å²) in [7, 11) is 0. The van der Waals surface area contributed by atoms with Crippen LogP contribution in [0.3, 0.4) is 0 Å². The number of fused-ring (bicyclic) bond motifs is 1. The predicted octanol–water partition coefficient (Wildman–Crippen LogP) is 7.60. The number of aromatic hydroxyl groups is 1. The SMILES string of the molecule is CCCCCCCCCCCCCCCC(=O)c1ccc(O)c2ncccc12.